The van der Waals surface area contributed by atoms with Gasteiger partial charge in [-0.3, -0.25) is 14.1 Å². The predicted octanol–water partition coefficient (Wildman–Crippen LogP) is 5.18. The lowest BCUT2D eigenvalue weighted by Crippen LogP contribution is -2.48. The first kappa shape index (κ1) is 22.8. The standard InChI is InChI=1S/C28H32N4OS/c1-20(2)31-13-15-32(16-14-31)24-9-5-21(6-10-24)23-17-28-26(29-19-23)18-27(30(28)3)22-7-11-25(12-8-22)34(4)33/h5-12,17-20H,13-16H2,1-4H3. The van der Waals surface area contributed by atoms with Crippen LogP contribution in [0, 0.1) is 0 Å². The van der Waals surface area contributed by atoms with Gasteiger partial charge in [-0.1, -0.05) is 24.3 Å². The van der Waals surface area contributed by atoms with Crippen LogP contribution in [-0.4, -0.2) is 57.1 Å². The van der Waals surface area contributed by atoms with E-state index in [2.05, 4.69) is 71.7 Å². The molecule has 2 aromatic carbocycles. The minimum atomic E-state index is -0.970. The molecule has 2 aromatic heterocycles. The van der Waals surface area contributed by atoms with Crippen molar-refractivity contribution in [3.63, 3.8) is 0 Å². The van der Waals surface area contributed by atoms with Crippen LogP contribution in [0.4, 0.5) is 5.69 Å². The third-order valence-electron chi connectivity index (χ3n) is 6.99. The number of nitrogens with zero attached hydrogens (tertiary/aromatic N) is 4. The first-order valence-corrected chi connectivity index (χ1v) is 13.5. The maximum atomic E-state index is 11.7. The highest BCUT2D eigenvalue weighted by Crippen LogP contribution is 2.30. The fourth-order valence-electron chi connectivity index (χ4n) is 4.81. The van der Waals surface area contributed by atoms with Crippen LogP contribution in [0.25, 0.3) is 33.4 Å². The van der Waals surface area contributed by atoms with E-state index in [4.69, 9.17) is 4.98 Å². The van der Waals surface area contributed by atoms with E-state index in [0.717, 1.165) is 58.9 Å². The number of piperazine rings is 1. The van der Waals surface area contributed by atoms with Crippen LogP contribution in [0.1, 0.15) is 13.8 Å². The molecule has 1 saturated heterocycles. The van der Waals surface area contributed by atoms with Gasteiger partial charge in [0.2, 0.25) is 0 Å². The number of benzene rings is 2. The molecule has 4 aromatic rings. The second-order valence-corrected chi connectivity index (χ2v) is 10.7. The number of hydrogen-bond acceptors (Lipinski definition) is 4. The zero-order chi connectivity index (χ0) is 23.8. The Morgan fingerprint density at radius 2 is 1.50 bits per heavy atom. The molecule has 1 fully saturated rings. The van der Waals surface area contributed by atoms with E-state index < -0.39 is 10.8 Å². The van der Waals surface area contributed by atoms with Crippen LogP contribution >= 0.6 is 0 Å². The van der Waals surface area contributed by atoms with Crippen LogP contribution in [0.2, 0.25) is 0 Å². The third-order valence-corrected chi connectivity index (χ3v) is 7.92. The van der Waals surface area contributed by atoms with Gasteiger partial charge in [0, 0.05) is 78.7 Å². The van der Waals surface area contributed by atoms with Gasteiger partial charge < -0.3 is 9.47 Å². The smallest absolute Gasteiger partial charge is 0.0887 e. The van der Waals surface area contributed by atoms with Crippen molar-refractivity contribution in [1.82, 2.24) is 14.5 Å². The summed E-state index contributed by atoms with van der Waals surface area (Å²) in [6, 6.07) is 21.8. The molecule has 0 amide bonds. The molecule has 34 heavy (non-hydrogen) atoms. The van der Waals surface area contributed by atoms with E-state index in [1.165, 1.54) is 11.3 Å². The van der Waals surface area contributed by atoms with Crippen molar-refractivity contribution < 1.29 is 4.21 Å². The van der Waals surface area contributed by atoms with Crippen LogP contribution < -0.4 is 4.90 Å². The van der Waals surface area contributed by atoms with Crippen molar-refractivity contribution in [3.8, 4) is 22.4 Å². The van der Waals surface area contributed by atoms with Crippen LogP contribution in [0.3, 0.4) is 0 Å². The normalized spacial score (nSPS) is 15.9. The average molecular weight is 473 g/mol. The van der Waals surface area contributed by atoms with Crippen LogP contribution in [0.15, 0.2) is 71.8 Å². The quantitative estimate of drug-likeness (QED) is 0.402. The summed E-state index contributed by atoms with van der Waals surface area (Å²) in [5, 5.41) is 0. The summed E-state index contributed by atoms with van der Waals surface area (Å²) in [4.78, 5) is 10.6. The molecular weight excluding hydrogens is 440 g/mol. The average Bonchev–Trinajstić information content (AvgIpc) is 3.20. The second kappa shape index (κ2) is 9.35. The summed E-state index contributed by atoms with van der Waals surface area (Å²) in [6.45, 7) is 8.94. The number of pyridine rings is 1. The maximum Gasteiger partial charge on any atom is 0.0887 e. The summed E-state index contributed by atoms with van der Waals surface area (Å²) in [5.41, 5.74) is 7.86. The largest absolute Gasteiger partial charge is 0.369 e. The molecule has 5 nitrogen and oxygen atoms in total. The minimum Gasteiger partial charge on any atom is -0.369 e. The highest BCUT2D eigenvalue weighted by Gasteiger charge is 2.19. The zero-order valence-corrected chi connectivity index (χ0v) is 21.2. The zero-order valence-electron chi connectivity index (χ0n) is 20.4. The van der Waals surface area contributed by atoms with Gasteiger partial charge in [0.15, 0.2) is 0 Å². The molecule has 3 heterocycles. The molecule has 176 valence electrons. The van der Waals surface area contributed by atoms with Gasteiger partial charge in [0.05, 0.1) is 16.7 Å². The van der Waals surface area contributed by atoms with Crippen molar-refractivity contribution in [2.75, 3.05) is 37.3 Å². The van der Waals surface area contributed by atoms with Gasteiger partial charge >= 0.3 is 0 Å². The Hall–Kier alpha value is -2.96. The summed E-state index contributed by atoms with van der Waals surface area (Å²) in [6.07, 6.45) is 3.67. The lowest BCUT2D eigenvalue weighted by Gasteiger charge is -2.38. The van der Waals surface area contributed by atoms with E-state index in [0.29, 0.717) is 6.04 Å². The van der Waals surface area contributed by atoms with Gasteiger partial charge in [-0.15, -0.1) is 0 Å². The van der Waals surface area contributed by atoms with E-state index in [-0.39, 0.29) is 0 Å². The fraction of sp³-hybridized carbons (Fsp3) is 0.321. The topological polar surface area (TPSA) is 41.4 Å². The number of aromatic nitrogens is 2. The molecule has 1 aliphatic rings. The molecular formula is C28H32N4OS. The summed E-state index contributed by atoms with van der Waals surface area (Å²) < 4.78 is 13.9. The number of anilines is 1. The van der Waals surface area contributed by atoms with Crippen molar-refractivity contribution in [2.45, 2.75) is 24.8 Å². The summed E-state index contributed by atoms with van der Waals surface area (Å²) in [5.74, 6) is 0. The summed E-state index contributed by atoms with van der Waals surface area (Å²) in [7, 11) is 1.11. The molecule has 0 bridgehead atoms. The monoisotopic (exact) mass is 472 g/mol. The van der Waals surface area contributed by atoms with Gasteiger partial charge in [-0.05, 0) is 61.4 Å². The van der Waals surface area contributed by atoms with Gasteiger partial charge in [-0.2, -0.15) is 0 Å². The number of hydrogen-bond donors (Lipinski definition) is 0. The molecule has 5 rings (SSSR count). The maximum absolute atomic E-state index is 11.7. The molecule has 0 radical (unpaired) electrons. The van der Waals surface area contributed by atoms with E-state index in [1.807, 2.05) is 30.5 Å². The predicted molar refractivity (Wildman–Crippen MR) is 143 cm³/mol. The summed E-state index contributed by atoms with van der Waals surface area (Å²) >= 11 is 0. The Morgan fingerprint density at radius 1 is 0.853 bits per heavy atom. The molecule has 0 spiro atoms. The molecule has 1 atom stereocenters. The van der Waals surface area contributed by atoms with Crippen molar-refractivity contribution >= 4 is 27.5 Å². The first-order valence-electron chi connectivity index (χ1n) is 11.9. The lowest BCUT2D eigenvalue weighted by molar-refractivity contribution is 0.209. The SMILES string of the molecule is CC(C)N1CCN(c2ccc(-c3cnc4cc(-c5ccc(S(C)=O)cc5)n(C)c4c3)cc2)CC1. The van der Waals surface area contributed by atoms with Crippen LogP contribution in [0.5, 0.6) is 0 Å². The Balaban J connectivity index is 1.38. The molecule has 0 saturated carbocycles. The highest BCUT2D eigenvalue weighted by atomic mass is 32.2. The Bertz CT molecular complexity index is 1320. The van der Waals surface area contributed by atoms with E-state index in [1.54, 1.807) is 6.26 Å². The fourth-order valence-corrected chi connectivity index (χ4v) is 5.33. The van der Waals surface area contributed by atoms with E-state index >= 15 is 0 Å². The molecule has 6 heteroatoms. The van der Waals surface area contributed by atoms with Gasteiger partial charge in [0.1, 0.15) is 0 Å². The van der Waals surface area contributed by atoms with Crippen molar-refractivity contribution in [1.29, 1.82) is 0 Å². The number of aryl methyl sites for hydroxylation is 1. The van der Waals surface area contributed by atoms with Gasteiger partial charge in [-0.25, -0.2) is 0 Å². The molecule has 0 aliphatic carbocycles. The van der Waals surface area contributed by atoms with E-state index in [9.17, 15) is 4.21 Å². The lowest BCUT2D eigenvalue weighted by atomic mass is 10.1. The third kappa shape index (κ3) is 4.40. The molecule has 1 aliphatic heterocycles. The minimum absolute atomic E-state index is 0.617. The highest BCUT2D eigenvalue weighted by molar-refractivity contribution is 7.84. The Labute approximate surface area is 204 Å². The Kier molecular flexibility index (Phi) is 6.28. The molecule has 0 N–H and O–H groups in total. The number of fused-ring (bicyclic) bond motifs is 1. The molecule has 1 unspecified atom stereocenters. The Morgan fingerprint density at radius 3 is 2.12 bits per heavy atom. The van der Waals surface area contributed by atoms with Crippen LogP contribution in [-0.2, 0) is 17.8 Å². The second-order valence-electron chi connectivity index (χ2n) is 9.36. The number of rotatable bonds is 5. The van der Waals surface area contributed by atoms with Crippen molar-refractivity contribution in [2.24, 2.45) is 7.05 Å². The van der Waals surface area contributed by atoms with Gasteiger partial charge in [0.25, 0.3) is 0 Å². The van der Waals surface area contributed by atoms with Crippen molar-refractivity contribution in [3.05, 3.63) is 66.9 Å². The first-order chi connectivity index (χ1) is 16.4.